The molecule has 0 radical (unpaired) electrons. The van der Waals surface area contributed by atoms with E-state index in [4.69, 9.17) is 0 Å². The summed E-state index contributed by atoms with van der Waals surface area (Å²) in [6.07, 6.45) is 3.35. The number of nitrogens with one attached hydrogen (secondary N) is 1. The van der Waals surface area contributed by atoms with Gasteiger partial charge in [-0.15, -0.1) is 0 Å². The molecule has 9 heteroatoms. The molecule has 0 amide bonds. The van der Waals surface area contributed by atoms with Gasteiger partial charge < -0.3 is 4.40 Å². The van der Waals surface area contributed by atoms with Crippen molar-refractivity contribution >= 4 is 27.0 Å². The summed E-state index contributed by atoms with van der Waals surface area (Å²) in [6.45, 7) is 1.83. The Morgan fingerprint density at radius 2 is 2.00 bits per heavy atom. The summed E-state index contributed by atoms with van der Waals surface area (Å²) in [4.78, 5) is 14.2. The van der Waals surface area contributed by atoms with Crippen LogP contribution in [0.2, 0.25) is 0 Å². The number of imidazole rings is 1. The van der Waals surface area contributed by atoms with E-state index < -0.39 is 14.9 Å². The molecule has 0 aliphatic heterocycles. The van der Waals surface area contributed by atoms with Gasteiger partial charge in [0.1, 0.15) is 5.65 Å². The zero-order valence-corrected chi connectivity index (χ0v) is 12.8. The van der Waals surface area contributed by atoms with Crippen LogP contribution < -0.4 is 4.72 Å². The maximum Gasteiger partial charge on any atom is 0.270 e. The third-order valence-electron chi connectivity index (χ3n) is 3.16. The molecule has 3 rings (SSSR count). The first-order chi connectivity index (χ1) is 10.8. The summed E-state index contributed by atoms with van der Waals surface area (Å²) in [5.41, 5.74) is 1.56. The van der Waals surface area contributed by atoms with Crippen LogP contribution in [0.5, 0.6) is 0 Å². The number of benzene rings is 1. The highest BCUT2D eigenvalue weighted by molar-refractivity contribution is 7.92. The van der Waals surface area contributed by atoms with Crippen molar-refractivity contribution in [2.45, 2.75) is 11.8 Å². The maximum atomic E-state index is 12.4. The van der Waals surface area contributed by atoms with Gasteiger partial charge in [-0.05, 0) is 25.1 Å². The summed E-state index contributed by atoms with van der Waals surface area (Å²) in [5.74, 6) is 0. The molecule has 23 heavy (non-hydrogen) atoms. The number of fused-ring (bicyclic) bond motifs is 1. The molecule has 0 bridgehead atoms. The molecule has 118 valence electrons. The van der Waals surface area contributed by atoms with E-state index in [1.165, 1.54) is 18.2 Å². The highest BCUT2D eigenvalue weighted by Crippen LogP contribution is 2.21. The molecule has 0 aliphatic rings. The topological polar surface area (TPSA) is 107 Å². The second-order valence-electron chi connectivity index (χ2n) is 4.93. The van der Waals surface area contributed by atoms with Gasteiger partial charge in [0.2, 0.25) is 0 Å². The Labute approximate surface area is 131 Å². The van der Waals surface area contributed by atoms with Crippen LogP contribution in [0.3, 0.4) is 0 Å². The van der Waals surface area contributed by atoms with Crippen molar-refractivity contribution in [1.82, 2.24) is 9.38 Å². The molecule has 0 saturated heterocycles. The average molecular weight is 332 g/mol. The second kappa shape index (κ2) is 5.36. The molecule has 0 unspecified atom stereocenters. The second-order valence-corrected chi connectivity index (χ2v) is 6.61. The highest BCUT2D eigenvalue weighted by Gasteiger charge is 2.18. The van der Waals surface area contributed by atoms with Gasteiger partial charge in [0, 0.05) is 24.5 Å². The Morgan fingerprint density at radius 3 is 2.74 bits per heavy atom. The summed E-state index contributed by atoms with van der Waals surface area (Å²) in [7, 11) is -3.92. The molecule has 3 aromatic rings. The summed E-state index contributed by atoms with van der Waals surface area (Å²) < 4.78 is 28.8. The maximum absolute atomic E-state index is 12.4. The molecular formula is C14H12N4O4S. The third-order valence-corrected chi connectivity index (χ3v) is 4.54. The molecule has 2 aromatic heterocycles. The molecule has 1 N–H and O–H groups in total. The number of pyridine rings is 1. The summed E-state index contributed by atoms with van der Waals surface area (Å²) in [6, 6.07) is 8.14. The quantitative estimate of drug-likeness (QED) is 0.583. The standard InChI is InChI=1S/C14H12N4O4S/c1-10-8-17-9-11(5-6-14(17)15-10)16-23(21,22)13-4-2-3-12(7-13)18(19)20/h2-9,16H,1H3. The van der Waals surface area contributed by atoms with Crippen LogP contribution in [0.15, 0.2) is 53.7 Å². The van der Waals surface area contributed by atoms with Gasteiger partial charge in [0.25, 0.3) is 15.7 Å². The minimum absolute atomic E-state index is 0.173. The van der Waals surface area contributed by atoms with Crippen molar-refractivity contribution in [3.05, 3.63) is 64.6 Å². The van der Waals surface area contributed by atoms with E-state index in [9.17, 15) is 18.5 Å². The van der Waals surface area contributed by atoms with Crippen LogP contribution in [0, 0.1) is 17.0 Å². The lowest BCUT2D eigenvalue weighted by molar-refractivity contribution is -0.385. The van der Waals surface area contributed by atoms with Crippen LogP contribution in [-0.2, 0) is 10.0 Å². The van der Waals surface area contributed by atoms with E-state index in [1.54, 1.807) is 28.9 Å². The van der Waals surface area contributed by atoms with Crippen molar-refractivity contribution in [3.63, 3.8) is 0 Å². The fourth-order valence-electron chi connectivity index (χ4n) is 2.16. The number of nitro benzene ring substituents is 1. The molecule has 1 aromatic carbocycles. The van der Waals surface area contributed by atoms with Gasteiger partial charge in [0.05, 0.1) is 21.2 Å². The number of non-ortho nitro benzene ring substituents is 1. The van der Waals surface area contributed by atoms with E-state index >= 15 is 0 Å². The first-order valence-electron chi connectivity index (χ1n) is 6.58. The van der Waals surface area contributed by atoms with E-state index in [0.717, 1.165) is 11.8 Å². The minimum atomic E-state index is -3.92. The predicted octanol–water partition coefficient (Wildman–Crippen LogP) is 2.35. The van der Waals surface area contributed by atoms with Gasteiger partial charge in [-0.1, -0.05) is 6.07 Å². The van der Waals surface area contributed by atoms with E-state index in [-0.39, 0.29) is 10.6 Å². The monoisotopic (exact) mass is 332 g/mol. The lowest BCUT2D eigenvalue weighted by Crippen LogP contribution is -2.13. The van der Waals surface area contributed by atoms with Crippen molar-refractivity contribution in [2.24, 2.45) is 0 Å². The van der Waals surface area contributed by atoms with E-state index in [0.29, 0.717) is 11.3 Å². The molecule has 0 spiro atoms. The zero-order chi connectivity index (χ0) is 16.6. The number of nitrogens with zero attached hydrogens (tertiary/aromatic N) is 3. The van der Waals surface area contributed by atoms with Crippen LogP contribution in [0.25, 0.3) is 5.65 Å². The van der Waals surface area contributed by atoms with Crippen molar-refractivity contribution in [2.75, 3.05) is 4.72 Å². The van der Waals surface area contributed by atoms with Gasteiger partial charge in [-0.2, -0.15) is 0 Å². The Balaban J connectivity index is 1.95. The molecular weight excluding hydrogens is 320 g/mol. The lowest BCUT2D eigenvalue weighted by atomic mass is 10.3. The smallest absolute Gasteiger partial charge is 0.270 e. The van der Waals surface area contributed by atoms with Crippen LogP contribution in [-0.4, -0.2) is 22.7 Å². The molecule has 0 fully saturated rings. The Kier molecular flexibility index (Phi) is 3.49. The number of hydrogen-bond donors (Lipinski definition) is 1. The van der Waals surface area contributed by atoms with Crippen molar-refractivity contribution < 1.29 is 13.3 Å². The Morgan fingerprint density at radius 1 is 1.22 bits per heavy atom. The van der Waals surface area contributed by atoms with Crippen LogP contribution >= 0.6 is 0 Å². The van der Waals surface area contributed by atoms with Crippen molar-refractivity contribution in [3.8, 4) is 0 Å². The fourth-order valence-corrected chi connectivity index (χ4v) is 3.24. The molecule has 0 atom stereocenters. The number of rotatable bonds is 4. The number of hydrogen-bond acceptors (Lipinski definition) is 5. The molecule has 0 aliphatic carbocycles. The largest absolute Gasteiger partial charge is 0.305 e. The first-order valence-corrected chi connectivity index (χ1v) is 8.06. The van der Waals surface area contributed by atoms with Crippen molar-refractivity contribution in [1.29, 1.82) is 0 Å². The van der Waals surface area contributed by atoms with Gasteiger partial charge in [-0.3, -0.25) is 14.8 Å². The minimum Gasteiger partial charge on any atom is -0.305 e. The fraction of sp³-hybridized carbons (Fsp3) is 0.0714. The Hall–Kier alpha value is -2.94. The van der Waals surface area contributed by atoms with Gasteiger partial charge in [0.15, 0.2) is 0 Å². The number of aromatic nitrogens is 2. The van der Waals surface area contributed by atoms with Crippen LogP contribution in [0.4, 0.5) is 11.4 Å². The average Bonchev–Trinajstić information content (AvgIpc) is 2.86. The number of anilines is 1. The van der Waals surface area contributed by atoms with E-state index in [2.05, 4.69) is 9.71 Å². The molecule has 2 heterocycles. The summed E-state index contributed by atoms with van der Waals surface area (Å²) in [5, 5.41) is 10.8. The third kappa shape index (κ3) is 2.99. The number of sulfonamides is 1. The van der Waals surface area contributed by atoms with Gasteiger partial charge >= 0.3 is 0 Å². The van der Waals surface area contributed by atoms with Crippen LogP contribution in [0.1, 0.15) is 5.69 Å². The number of nitro groups is 1. The normalized spacial score (nSPS) is 11.5. The highest BCUT2D eigenvalue weighted by atomic mass is 32.2. The molecule has 0 saturated carbocycles. The summed E-state index contributed by atoms with van der Waals surface area (Å²) >= 11 is 0. The van der Waals surface area contributed by atoms with E-state index in [1.807, 2.05) is 6.92 Å². The molecule has 8 nitrogen and oxygen atoms in total. The van der Waals surface area contributed by atoms with Gasteiger partial charge in [-0.25, -0.2) is 13.4 Å². The first kappa shape index (κ1) is 15.0. The number of aryl methyl sites for hydroxylation is 1. The lowest BCUT2D eigenvalue weighted by Gasteiger charge is -2.08. The predicted molar refractivity (Wildman–Crippen MR) is 83.8 cm³/mol. The zero-order valence-electron chi connectivity index (χ0n) is 12.0. The Bertz CT molecular complexity index is 1010. The SMILES string of the molecule is Cc1cn2cc(NS(=O)(=O)c3cccc([N+](=O)[O-])c3)ccc2n1.